The Morgan fingerprint density at radius 3 is 2.83 bits per heavy atom. The Labute approximate surface area is 141 Å². The molecule has 0 amide bonds. The quantitative estimate of drug-likeness (QED) is 0.910. The van der Waals surface area contributed by atoms with E-state index < -0.39 is 5.97 Å². The lowest BCUT2D eigenvalue weighted by molar-refractivity contribution is -0.142. The SMILES string of the molecule is CC1CC(C(=O)O)CN(c2cc(OCc3ccccc3)ncn2)C1. The number of benzene rings is 1. The molecule has 2 atom stereocenters. The van der Waals surface area contributed by atoms with Gasteiger partial charge in [-0.15, -0.1) is 0 Å². The van der Waals surface area contributed by atoms with Crippen molar-refractivity contribution in [3.05, 3.63) is 48.3 Å². The zero-order chi connectivity index (χ0) is 16.9. The predicted molar refractivity (Wildman–Crippen MR) is 89.9 cm³/mol. The van der Waals surface area contributed by atoms with Crippen molar-refractivity contribution in [2.45, 2.75) is 20.0 Å². The van der Waals surface area contributed by atoms with E-state index >= 15 is 0 Å². The maximum Gasteiger partial charge on any atom is 0.308 e. The number of anilines is 1. The van der Waals surface area contributed by atoms with E-state index in [1.807, 2.05) is 35.2 Å². The summed E-state index contributed by atoms with van der Waals surface area (Å²) in [5, 5.41) is 9.30. The standard InChI is InChI=1S/C18H21N3O3/c1-13-7-15(18(22)23)10-21(9-13)16-8-17(20-12-19-16)24-11-14-5-3-2-4-6-14/h2-6,8,12-13,15H,7,9-11H2,1H3,(H,22,23). The molecule has 1 aromatic heterocycles. The van der Waals surface area contributed by atoms with Crippen molar-refractivity contribution < 1.29 is 14.6 Å². The average molecular weight is 327 g/mol. The summed E-state index contributed by atoms with van der Waals surface area (Å²) in [6, 6.07) is 11.6. The van der Waals surface area contributed by atoms with Crippen LogP contribution in [0.3, 0.4) is 0 Å². The lowest BCUT2D eigenvalue weighted by Crippen LogP contribution is -2.42. The van der Waals surface area contributed by atoms with Gasteiger partial charge in [-0.1, -0.05) is 37.3 Å². The molecule has 24 heavy (non-hydrogen) atoms. The fourth-order valence-corrected chi connectivity index (χ4v) is 3.03. The van der Waals surface area contributed by atoms with Crippen LogP contribution in [0, 0.1) is 11.8 Å². The van der Waals surface area contributed by atoms with Crippen LogP contribution in [-0.2, 0) is 11.4 Å². The number of piperidine rings is 1. The molecular weight excluding hydrogens is 306 g/mol. The summed E-state index contributed by atoms with van der Waals surface area (Å²) >= 11 is 0. The van der Waals surface area contributed by atoms with E-state index in [0.29, 0.717) is 37.2 Å². The number of carbonyl (C=O) groups is 1. The molecule has 6 heteroatoms. The Morgan fingerprint density at radius 2 is 2.08 bits per heavy atom. The number of carboxylic acid groups (broad SMARTS) is 1. The second-order valence-corrected chi connectivity index (χ2v) is 6.27. The minimum atomic E-state index is -0.749. The average Bonchev–Trinajstić information content (AvgIpc) is 2.60. The van der Waals surface area contributed by atoms with Crippen molar-refractivity contribution in [2.24, 2.45) is 11.8 Å². The van der Waals surface area contributed by atoms with Gasteiger partial charge in [-0.05, 0) is 17.9 Å². The molecule has 2 unspecified atom stereocenters. The molecule has 0 radical (unpaired) electrons. The Balaban J connectivity index is 1.69. The van der Waals surface area contributed by atoms with Crippen LogP contribution in [-0.4, -0.2) is 34.1 Å². The maximum atomic E-state index is 11.3. The molecule has 1 saturated heterocycles. The van der Waals surface area contributed by atoms with Crippen LogP contribution in [0.25, 0.3) is 0 Å². The molecule has 1 aliphatic heterocycles. The molecule has 6 nitrogen and oxygen atoms in total. The first-order valence-corrected chi connectivity index (χ1v) is 8.08. The predicted octanol–water partition coefficient (Wildman–Crippen LogP) is 2.60. The number of aromatic nitrogens is 2. The molecule has 2 aromatic rings. The molecular formula is C18H21N3O3. The van der Waals surface area contributed by atoms with Crippen molar-refractivity contribution in [1.82, 2.24) is 9.97 Å². The topological polar surface area (TPSA) is 75.5 Å². The van der Waals surface area contributed by atoms with Gasteiger partial charge in [-0.3, -0.25) is 4.79 Å². The minimum absolute atomic E-state index is 0.309. The number of ether oxygens (including phenoxy) is 1. The second-order valence-electron chi connectivity index (χ2n) is 6.27. The first-order chi connectivity index (χ1) is 11.6. The highest BCUT2D eigenvalue weighted by Crippen LogP contribution is 2.26. The van der Waals surface area contributed by atoms with E-state index in [1.54, 1.807) is 6.07 Å². The molecule has 3 rings (SSSR count). The fraction of sp³-hybridized carbons (Fsp3) is 0.389. The zero-order valence-electron chi connectivity index (χ0n) is 13.6. The number of hydrogen-bond donors (Lipinski definition) is 1. The van der Waals surface area contributed by atoms with Crippen LogP contribution >= 0.6 is 0 Å². The number of rotatable bonds is 5. The smallest absolute Gasteiger partial charge is 0.308 e. The van der Waals surface area contributed by atoms with E-state index in [0.717, 1.165) is 12.1 Å². The van der Waals surface area contributed by atoms with Crippen LogP contribution in [0.15, 0.2) is 42.7 Å². The van der Waals surface area contributed by atoms with Gasteiger partial charge in [0.15, 0.2) is 0 Å². The van der Waals surface area contributed by atoms with Crippen LogP contribution in [0.2, 0.25) is 0 Å². The Hall–Kier alpha value is -2.63. The number of aliphatic carboxylic acids is 1. The maximum absolute atomic E-state index is 11.3. The molecule has 1 fully saturated rings. The van der Waals surface area contributed by atoms with Crippen molar-refractivity contribution in [2.75, 3.05) is 18.0 Å². The van der Waals surface area contributed by atoms with Crippen LogP contribution in [0.5, 0.6) is 5.88 Å². The van der Waals surface area contributed by atoms with Gasteiger partial charge in [0.2, 0.25) is 5.88 Å². The van der Waals surface area contributed by atoms with Crippen molar-refractivity contribution >= 4 is 11.8 Å². The third-order valence-corrected chi connectivity index (χ3v) is 4.19. The minimum Gasteiger partial charge on any atom is -0.481 e. The lowest BCUT2D eigenvalue weighted by Gasteiger charge is -2.35. The van der Waals surface area contributed by atoms with Gasteiger partial charge in [0.25, 0.3) is 0 Å². The first-order valence-electron chi connectivity index (χ1n) is 8.08. The van der Waals surface area contributed by atoms with Gasteiger partial charge in [-0.2, -0.15) is 0 Å². The number of hydrogen-bond acceptors (Lipinski definition) is 5. The molecule has 0 bridgehead atoms. The van der Waals surface area contributed by atoms with Gasteiger partial charge < -0.3 is 14.7 Å². The van der Waals surface area contributed by atoms with Gasteiger partial charge in [0.05, 0.1) is 5.92 Å². The first kappa shape index (κ1) is 16.2. The van der Waals surface area contributed by atoms with Crippen molar-refractivity contribution in [3.63, 3.8) is 0 Å². The fourth-order valence-electron chi connectivity index (χ4n) is 3.03. The summed E-state index contributed by atoms with van der Waals surface area (Å²) < 4.78 is 5.73. The summed E-state index contributed by atoms with van der Waals surface area (Å²) in [4.78, 5) is 21.8. The lowest BCUT2D eigenvalue weighted by atomic mass is 9.90. The van der Waals surface area contributed by atoms with Crippen molar-refractivity contribution in [3.8, 4) is 5.88 Å². The highest BCUT2D eigenvalue weighted by Gasteiger charge is 2.30. The van der Waals surface area contributed by atoms with Gasteiger partial charge >= 0.3 is 5.97 Å². The molecule has 126 valence electrons. The normalized spacial score (nSPS) is 20.6. The second kappa shape index (κ2) is 7.29. The van der Waals surface area contributed by atoms with Crippen LogP contribution in [0.4, 0.5) is 5.82 Å². The summed E-state index contributed by atoms with van der Waals surface area (Å²) in [5.41, 5.74) is 1.06. The molecule has 0 aliphatic carbocycles. The molecule has 0 saturated carbocycles. The molecule has 1 N–H and O–H groups in total. The Morgan fingerprint density at radius 1 is 1.29 bits per heavy atom. The highest BCUT2D eigenvalue weighted by molar-refractivity contribution is 5.71. The molecule has 2 heterocycles. The highest BCUT2D eigenvalue weighted by atomic mass is 16.5. The third-order valence-electron chi connectivity index (χ3n) is 4.19. The summed E-state index contributed by atoms with van der Waals surface area (Å²) in [7, 11) is 0. The summed E-state index contributed by atoms with van der Waals surface area (Å²) in [5.74, 6) is 0.405. The molecule has 1 aliphatic rings. The Kier molecular flexibility index (Phi) is 4.93. The van der Waals surface area contributed by atoms with Gasteiger partial charge in [0.1, 0.15) is 18.8 Å². The largest absolute Gasteiger partial charge is 0.481 e. The van der Waals surface area contributed by atoms with E-state index in [4.69, 9.17) is 4.74 Å². The third kappa shape index (κ3) is 4.01. The summed E-state index contributed by atoms with van der Waals surface area (Å²) in [6.07, 6.45) is 2.17. The van der Waals surface area contributed by atoms with Gasteiger partial charge in [-0.25, -0.2) is 9.97 Å². The van der Waals surface area contributed by atoms with Gasteiger partial charge in [0, 0.05) is 19.2 Å². The van der Waals surface area contributed by atoms with Crippen LogP contribution < -0.4 is 9.64 Å². The van der Waals surface area contributed by atoms with E-state index in [2.05, 4.69) is 16.9 Å². The van der Waals surface area contributed by atoms with Crippen molar-refractivity contribution in [1.29, 1.82) is 0 Å². The molecule has 0 spiro atoms. The summed E-state index contributed by atoms with van der Waals surface area (Å²) in [6.45, 7) is 3.76. The van der Waals surface area contributed by atoms with E-state index in [9.17, 15) is 9.90 Å². The number of carboxylic acids is 1. The monoisotopic (exact) mass is 327 g/mol. The van der Waals surface area contributed by atoms with E-state index in [1.165, 1.54) is 6.33 Å². The molecule has 1 aromatic carbocycles. The van der Waals surface area contributed by atoms with E-state index in [-0.39, 0.29) is 5.92 Å². The Bertz CT molecular complexity index is 693. The van der Waals surface area contributed by atoms with Crippen LogP contribution in [0.1, 0.15) is 18.9 Å². The zero-order valence-corrected chi connectivity index (χ0v) is 13.6. The number of nitrogens with zero attached hydrogens (tertiary/aromatic N) is 3.